The average molecular weight is 343 g/mol. The highest BCUT2D eigenvalue weighted by atomic mass is 35.5. The molecule has 0 unspecified atom stereocenters. The summed E-state index contributed by atoms with van der Waals surface area (Å²) in [6.07, 6.45) is 1.79. The lowest BCUT2D eigenvalue weighted by Crippen LogP contribution is -2.22. The molecule has 0 saturated heterocycles. The molecule has 4 rings (SSSR count). The van der Waals surface area contributed by atoms with Crippen molar-refractivity contribution in [1.29, 1.82) is 0 Å². The Hall–Kier alpha value is -2.37. The second kappa shape index (κ2) is 5.37. The molecule has 0 spiro atoms. The van der Waals surface area contributed by atoms with Crippen molar-refractivity contribution in [3.63, 3.8) is 0 Å². The van der Waals surface area contributed by atoms with E-state index in [2.05, 4.69) is 4.98 Å². The Kier molecular flexibility index (Phi) is 3.32. The van der Waals surface area contributed by atoms with Crippen LogP contribution < -0.4 is 14.8 Å². The number of imidazole rings is 1. The topological polar surface area (TPSA) is 43.6 Å². The second-order valence-electron chi connectivity index (χ2n) is 5.02. The van der Waals surface area contributed by atoms with E-state index in [1.165, 1.54) is 11.3 Å². The van der Waals surface area contributed by atoms with Crippen molar-refractivity contribution in [2.24, 2.45) is 0 Å². The van der Waals surface area contributed by atoms with Gasteiger partial charge in [-0.2, -0.15) is 0 Å². The van der Waals surface area contributed by atoms with Crippen LogP contribution in [-0.4, -0.2) is 16.5 Å². The standard InChI is InChI=1S/C17H11ClN2O2S/c1-22-14-7-6-11(18)8-10(14)9-15-16(21)20-13-5-3-2-4-12(13)19-17(20)23-15/h2-9H,1H3/b15-9+. The van der Waals surface area contributed by atoms with Gasteiger partial charge in [0, 0.05) is 10.6 Å². The lowest BCUT2D eigenvalue weighted by atomic mass is 10.2. The van der Waals surface area contributed by atoms with Gasteiger partial charge < -0.3 is 4.74 Å². The number of rotatable bonds is 2. The number of methoxy groups -OCH3 is 1. The third kappa shape index (κ3) is 2.29. The smallest absolute Gasteiger partial charge is 0.274 e. The van der Waals surface area contributed by atoms with E-state index in [0.29, 0.717) is 20.3 Å². The highest BCUT2D eigenvalue weighted by Crippen LogP contribution is 2.23. The molecule has 0 radical (unpaired) electrons. The zero-order valence-electron chi connectivity index (χ0n) is 12.1. The molecule has 23 heavy (non-hydrogen) atoms. The molecule has 0 N–H and O–H groups in total. The van der Waals surface area contributed by atoms with Gasteiger partial charge in [0.2, 0.25) is 0 Å². The van der Waals surface area contributed by atoms with Crippen molar-refractivity contribution < 1.29 is 4.74 Å². The molecule has 0 aliphatic heterocycles. The molecule has 0 amide bonds. The zero-order chi connectivity index (χ0) is 16.0. The van der Waals surface area contributed by atoms with Gasteiger partial charge in [-0.25, -0.2) is 9.38 Å². The Bertz CT molecular complexity index is 1150. The van der Waals surface area contributed by atoms with E-state index in [1.807, 2.05) is 24.3 Å². The summed E-state index contributed by atoms with van der Waals surface area (Å²) in [4.78, 5) is 17.9. The van der Waals surface area contributed by atoms with E-state index in [9.17, 15) is 4.79 Å². The van der Waals surface area contributed by atoms with Gasteiger partial charge in [-0.15, -0.1) is 0 Å². The molecule has 4 nitrogen and oxygen atoms in total. The number of thiazole rings is 1. The maximum absolute atomic E-state index is 12.7. The number of halogens is 1. The van der Waals surface area contributed by atoms with Gasteiger partial charge >= 0.3 is 0 Å². The Morgan fingerprint density at radius 3 is 2.91 bits per heavy atom. The van der Waals surface area contributed by atoms with E-state index in [4.69, 9.17) is 16.3 Å². The Morgan fingerprint density at radius 1 is 1.26 bits per heavy atom. The fraction of sp³-hybridized carbons (Fsp3) is 0.0588. The first-order valence-corrected chi connectivity index (χ1v) is 8.12. The largest absolute Gasteiger partial charge is 0.496 e. The summed E-state index contributed by atoms with van der Waals surface area (Å²) < 4.78 is 7.57. The Balaban J connectivity index is 2.01. The van der Waals surface area contributed by atoms with Crippen LogP contribution in [0.15, 0.2) is 47.3 Å². The number of nitrogens with zero attached hydrogens (tertiary/aromatic N) is 2. The summed E-state index contributed by atoms with van der Waals surface area (Å²) in [7, 11) is 1.59. The predicted octanol–water partition coefficient (Wildman–Crippen LogP) is 3.12. The van der Waals surface area contributed by atoms with E-state index in [0.717, 1.165) is 16.6 Å². The van der Waals surface area contributed by atoms with Gasteiger partial charge in [-0.1, -0.05) is 35.1 Å². The van der Waals surface area contributed by atoms with Gasteiger partial charge in [-0.05, 0) is 36.4 Å². The summed E-state index contributed by atoms with van der Waals surface area (Å²) in [5.41, 5.74) is 2.33. The monoisotopic (exact) mass is 342 g/mol. The number of hydrogen-bond donors (Lipinski definition) is 0. The van der Waals surface area contributed by atoms with E-state index in [1.54, 1.807) is 35.8 Å². The van der Waals surface area contributed by atoms with E-state index >= 15 is 0 Å². The highest BCUT2D eigenvalue weighted by molar-refractivity contribution is 7.15. The van der Waals surface area contributed by atoms with E-state index in [-0.39, 0.29) is 5.56 Å². The van der Waals surface area contributed by atoms with Crippen molar-refractivity contribution in [3.05, 3.63) is 67.9 Å². The Morgan fingerprint density at radius 2 is 2.09 bits per heavy atom. The van der Waals surface area contributed by atoms with Gasteiger partial charge in [0.25, 0.3) is 5.56 Å². The summed E-state index contributed by atoms with van der Waals surface area (Å²) in [6, 6.07) is 12.9. The first-order valence-electron chi connectivity index (χ1n) is 6.92. The average Bonchev–Trinajstić information content (AvgIpc) is 3.05. The normalized spacial score (nSPS) is 12.3. The van der Waals surface area contributed by atoms with Crippen LogP contribution in [0.4, 0.5) is 0 Å². The summed E-state index contributed by atoms with van der Waals surface area (Å²) >= 11 is 7.40. The lowest BCUT2D eigenvalue weighted by molar-refractivity contribution is 0.414. The first-order chi connectivity index (χ1) is 11.2. The minimum atomic E-state index is -0.0827. The minimum Gasteiger partial charge on any atom is -0.496 e. The molecule has 2 heterocycles. The summed E-state index contributed by atoms with van der Waals surface area (Å²) in [6.45, 7) is 0. The zero-order valence-corrected chi connectivity index (χ0v) is 13.7. The van der Waals surface area contributed by atoms with Crippen molar-refractivity contribution in [2.75, 3.05) is 7.11 Å². The maximum Gasteiger partial charge on any atom is 0.274 e. The van der Waals surface area contributed by atoms with Crippen molar-refractivity contribution >= 4 is 45.0 Å². The number of aromatic nitrogens is 2. The van der Waals surface area contributed by atoms with Gasteiger partial charge in [0.05, 0.1) is 22.7 Å². The fourth-order valence-electron chi connectivity index (χ4n) is 2.57. The number of benzene rings is 2. The van der Waals surface area contributed by atoms with Crippen molar-refractivity contribution in [2.45, 2.75) is 0 Å². The van der Waals surface area contributed by atoms with Gasteiger partial charge in [0.15, 0.2) is 4.96 Å². The number of para-hydroxylation sites is 2. The second-order valence-corrected chi connectivity index (χ2v) is 6.47. The van der Waals surface area contributed by atoms with Crippen LogP contribution in [-0.2, 0) is 0 Å². The molecule has 0 fully saturated rings. The van der Waals surface area contributed by atoms with E-state index < -0.39 is 0 Å². The molecular weight excluding hydrogens is 332 g/mol. The SMILES string of the molecule is COc1ccc(Cl)cc1/C=c1/sc2nc3ccccc3n2c1=O. The first kappa shape index (κ1) is 14.2. The summed E-state index contributed by atoms with van der Waals surface area (Å²) in [5, 5.41) is 0.594. The molecule has 2 aromatic carbocycles. The molecule has 0 aliphatic carbocycles. The number of hydrogen-bond acceptors (Lipinski definition) is 4. The number of ether oxygens (including phenoxy) is 1. The predicted molar refractivity (Wildman–Crippen MR) is 93.6 cm³/mol. The molecule has 6 heteroatoms. The fourth-order valence-corrected chi connectivity index (χ4v) is 3.73. The number of fused-ring (bicyclic) bond motifs is 3. The van der Waals surface area contributed by atoms with Crippen LogP contribution in [0.25, 0.3) is 22.1 Å². The molecule has 4 aromatic rings. The lowest BCUT2D eigenvalue weighted by Gasteiger charge is -2.03. The van der Waals surface area contributed by atoms with Crippen LogP contribution in [0.5, 0.6) is 5.75 Å². The minimum absolute atomic E-state index is 0.0827. The van der Waals surface area contributed by atoms with Crippen LogP contribution in [0, 0.1) is 0 Å². The highest BCUT2D eigenvalue weighted by Gasteiger charge is 2.11. The maximum atomic E-state index is 12.7. The van der Waals surface area contributed by atoms with Crippen LogP contribution in [0.3, 0.4) is 0 Å². The van der Waals surface area contributed by atoms with Crippen LogP contribution >= 0.6 is 22.9 Å². The van der Waals surface area contributed by atoms with Gasteiger partial charge in [-0.3, -0.25) is 4.79 Å². The van der Waals surface area contributed by atoms with Crippen LogP contribution in [0.2, 0.25) is 5.02 Å². The molecular formula is C17H11ClN2O2S. The molecule has 114 valence electrons. The molecule has 2 aromatic heterocycles. The molecule has 0 aliphatic rings. The molecule has 0 saturated carbocycles. The Labute approximate surface area is 140 Å². The van der Waals surface area contributed by atoms with Crippen molar-refractivity contribution in [1.82, 2.24) is 9.38 Å². The third-order valence-electron chi connectivity index (χ3n) is 3.62. The third-order valence-corrected chi connectivity index (χ3v) is 4.83. The van der Waals surface area contributed by atoms with Gasteiger partial charge in [0.1, 0.15) is 5.75 Å². The summed E-state index contributed by atoms with van der Waals surface area (Å²) in [5.74, 6) is 0.671. The van der Waals surface area contributed by atoms with Crippen LogP contribution in [0.1, 0.15) is 5.56 Å². The quantitative estimate of drug-likeness (QED) is 0.562. The van der Waals surface area contributed by atoms with Crippen molar-refractivity contribution in [3.8, 4) is 5.75 Å². The molecule has 0 atom stereocenters. The molecule has 0 bridgehead atoms.